The van der Waals surface area contributed by atoms with E-state index < -0.39 is 6.04 Å². The fourth-order valence-corrected chi connectivity index (χ4v) is 3.06. The summed E-state index contributed by atoms with van der Waals surface area (Å²) in [6.45, 7) is 9.62. The van der Waals surface area contributed by atoms with Crippen LogP contribution < -0.4 is 10.1 Å². The SMILES string of the molecule is Cc1ccc(OCC(=O)N(Cc2cccc(Cl)c2)[C@@H](C)C(=O)NC(C)C)cc1C. The van der Waals surface area contributed by atoms with Gasteiger partial charge in [-0.1, -0.05) is 29.8 Å². The van der Waals surface area contributed by atoms with Crippen molar-refractivity contribution in [3.63, 3.8) is 0 Å². The Morgan fingerprint density at radius 2 is 1.79 bits per heavy atom. The lowest BCUT2D eigenvalue weighted by molar-refractivity contribution is -0.142. The van der Waals surface area contributed by atoms with Crippen LogP contribution in [0.25, 0.3) is 0 Å². The molecule has 6 heteroatoms. The Kier molecular flexibility index (Phi) is 8.09. The van der Waals surface area contributed by atoms with Gasteiger partial charge in [0, 0.05) is 17.6 Å². The number of aryl methyl sites for hydroxylation is 2. The third kappa shape index (κ3) is 6.79. The summed E-state index contributed by atoms with van der Waals surface area (Å²) in [5.41, 5.74) is 3.10. The number of carbonyl (C=O) groups is 2. The van der Waals surface area contributed by atoms with Crippen LogP contribution in [0, 0.1) is 13.8 Å². The van der Waals surface area contributed by atoms with E-state index in [1.165, 1.54) is 4.90 Å². The maximum atomic E-state index is 13.0. The Morgan fingerprint density at radius 1 is 1.07 bits per heavy atom. The van der Waals surface area contributed by atoms with Crippen molar-refractivity contribution < 1.29 is 14.3 Å². The summed E-state index contributed by atoms with van der Waals surface area (Å²) in [4.78, 5) is 27.0. The van der Waals surface area contributed by atoms with E-state index in [1.54, 1.807) is 19.1 Å². The number of ether oxygens (including phenoxy) is 1. The van der Waals surface area contributed by atoms with Crippen LogP contribution in [0.4, 0.5) is 0 Å². The highest BCUT2D eigenvalue weighted by Gasteiger charge is 2.27. The molecule has 0 saturated heterocycles. The molecule has 0 saturated carbocycles. The van der Waals surface area contributed by atoms with Crippen LogP contribution >= 0.6 is 11.6 Å². The van der Waals surface area contributed by atoms with Crippen molar-refractivity contribution in [2.45, 2.75) is 53.2 Å². The second-order valence-corrected chi connectivity index (χ2v) is 7.96. The zero-order valence-electron chi connectivity index (χ0n) is 17.7. The maximum Gasteiger partial charge on any atom is 0.261 e. The van der Waals surface area contributed by atoms with Gasteiger partial charge in [0.25, 0.3) is 5.91 Å². The predicted octanol–water partition coefficient (Wildman–Crippen LogP) is 4.28. The molecule has 0 spiro atoms. The Morgan fingerprint density at radius 3 is 2.41 bits per heavy atom. The maximum absolute atomic E-state index is 13.0. The summed E-state index contributed by atoms with van der Waals surface area (Å²) in [7, 11) is 0. The van der Waals surface area contributed by atoms with E-state index >= 15 is 0 Å². The Bertz CT molecular complexity index is 867. The third-order valence-corrected chi connectivity index (χ3v) is 4.92. The molecular formula is C23H29ClN2O3. The first-order valence-corrected chi connectivity index (χ1v) is 10.1. The quantitative estimate of drug-likeness (QED) is 0.698. The van der Waals surface area contributed by atoms with Gasteiger partial charge in [-0.15, -0.1) is 0 Å². The van der Waals surface area contributed by atoms with E-state index in [-0.39, 0.29) is 31.0 Å². The first kappa shape index (κ1) is 22.8. The topological polar surface area (TPSA) is 58.6 Å². The molecule has 2 rings (SSSR count). The van der Waals surface area contributed by atoms with Gasteiger partial charge in [-0.25, -0.2) is 0 Å². The molecule has 156 valence electrons. The first-order chi connectivity index (χ1) is 13.7. The summed E-state index contributed by atoms with van der Waals surface area (Å²) in [6, 6.07) is 12.3. The van der Waals surface area contributed by atoms with Crippen LogP contribution in [0.1, 0.15) is 37.5 Å². The lowest BCUT2D eigenvalue weighted by Gasteiger charge is -2.29. The van der Waals surface area contributed by atoms with Crippen molar-refractivity contribution in [1.82, 2.24) is 10.2 Å². The standard InChI is InChI=1S/C23H29ClN2O3/c1-15(2)25-23(28)18(5)26(13-19-7-6-8-20(24)12-19)22(27)14-29-21-10-9-16(3)17(4)11-21/h6-12,15,18H,13-14H2,1-5H3,(H,25,28)/t18-/m0/s1. The van der Waals surface area contributed by atoms with Gasteiger partial charge in [-0.3, -0.25) is 9.59 Å². The molecule has 0 bridgehead atoms. The highest BCUT2D eigenvalue weighted by molar-refractivity contribution is 6.30. The Balaban J connectivity index is 2.16. The molecule has 2 aromatic carbocycles. The van der Waals surface area contributed by atoms with Gasteiger partial charge < -0.3 is 15.0 Å². The van der Waals surface area contributed by atoms with Gasteiger partial charge in [0.2, 0.25) is 5.91 Å². The minimum Gasteiger partial charge on any atom is -0.484 e. The van der Waals surface area contributed by atoms with Crippen LogP contribution in [0.15, 0.2) is 42.5 Å². The van der Waals surface area contributed by atoms with Crippen molar-refractivity contribution in [3.05, 3.63) is 64.2 Å². The van der Waals surface area contributed by atoms with E-state index in [4.69, 9.17) is 16.3 Å². The van der Waals surface area contributed by atoms with Crippen molar-refractivity contribution in [2.24, 2.45) is 0 Å². The average Bonchev–Trinajstić information content (AvgIpc) is 2.65. The van der Waals surface area contributed by atoms with Gasteiger partial charge in [-0.05, 0) is 75.6 Å². The fraction of sp³-hybridized carbons (Fsp3) is 0.391. The molecule has 1 N–H and O–H groups in total. The number of hydrogen-bond acceptors (Lipinski definition) is 3. The molecule has 2 aromatic rings. The molecule has 0 radical (unpaired) electrons. The number of hydrogen-bond donors (Lipinski definition) is 1. The molecular weight excluding hydrogens is 388 g/mol. The predicted molar refractivity (Wildman–Crippen MR) is 116 cm³/mol. The number of carbonyl (C=O) groups excluding carboxylic acids is 2. The van der Waals surface area contributed by atoms with Gasteiger partial charge >= 0.3 is 0 Å². The number of nitrogens with one attached hydrogen (secondary N) is 1. The van der Waals surface area contributed by atoms with E-state index in [9.17, 15) is 9.59 Å². The van der Waals surface area contributed by atoms with Crippen molar-refractivity contribution >= 4 is 23.4 Å². The van der Waals surface area contributed by atoms with Crippen LogP contribution in [-0.2, 0) is 16.1 Å². The third-order valence-electron chi connectivity index (χ3n) is 4.68. The van der Waals surface area contributed by atoms with E-state index in [1.807, 2.05) is 58.0 Å². The normalized spacial score (nSPS) is 11.8. The smallest absolute Gasteiger partial charge is 0.261 e. The lowest BCUT2D eigenvalue weighted by Crippen LogP contribution is -2.50. The van der Waals surface area contributed by atoms with Crippen molar-refractivity contribution in [2.75, 3.05) is 6.61 Å². The molecule has 0 aliphatic rings. The summed E-state index contributed by atoms with van der Waals surface area (Å²) >= 11 is 6.08. The molecule has 0 aromatic heterocycles. The Hall–Kier alpha value is -2.53. The largest absolute Gasteiger partial charge is 0.484 e. The summed E-state index contributed by atoms with van der Waals surface area (Å²) in [5, 5.41) is 3.45. The number of halogens is 1. The summed E-state index contributed by atoms with van der Waals surface area (Å²) < 4.78 is 5.71. The second kappa shape index (κ2) is 10.3. The highest BCUT2D eigenvalue weighted by atomic mass is 35.5. The number of nitrogens with zero attached hydrogens (tertiary/aromatic N) is 1. The van der Waals surface area contributed by atoms with E-state index in [0.29, 0.717) is 10.8 Å². The fourth-order valence-electron chi connectivity index (χ4n) is 2.85. The molecule has 29 heavy (non-hydrogen) atoms. The van der Waals surface area contributed by atoms with Crippen LogP contribution in [-0.4, -0.2) is 35.4 Å². The zero-order chi connectivity index (χ0) is 21.6. The minimum absolute atomic E-state index is 0.0140. The van der Waals surface area contributed by atoms with Gasteiger partial charge in [-0.2, -0.15) is 0 Å². The van der Waals surface area contributed by atoms with Crippen molar-refractivity contribution in [1.29, 1.82) is 0 Å². The summed E-state index contributed by atoms with van der Waals surface area (Å²) in [6.07, 6.45) is 0. The average molecular weight is 417 g/mol. The van der Waals surface area contributed by atoms with E-state index in [2.05, 4.69) is 5.32 Å². The van der Waals surface area contributed by atoms with Gasteiger partial charge in [0.05, 0.1) is 0 Å². The molecule has 0 aliphatic heterocycles. The Labute approximate surface area is 178 Å². The molecule has 1 atom stereocenters. The molecule has 5 nitrogen and oxygen atoms in total. The number of amides is 2. The van der Waals surface area contributed by atoms with Gasteiger partial charge in [0.1, 0.15) is 11.8 Å². The lowest BCUT2D eigenvalue weighted by atomic mass is 10.1. The molecule has 0 fully saturated rings. The molecule has 0 aliphatic carbocycles. The number of rotatable bonds is 8. The van der Waals surface area contributed by atoms with Crippen LogP contribution in [0.3, 0.4) is 0 Å². The molecule has 0 heterocycles. The van der Waals surface area contributed by atoms with Crippen LogP contribution in [0.5, 0.6) is 5.75 Å². The minimum atomic E-state index is -0.646. The second-order valence-electron chi connectivity index (χ2n) is 7.53. The van der Waals surface area contributed by atoms with Crippen LogP contribution in [0.2, 0.25) is 5.02 Å². The van der Waals surface area contributed by atoms with Crippen molar-refractivity contribution in [3.8, 4) is 5.75 Å². The first-order valence-electron chi connectivity index (χ1n) is 9.71. The highest BCUT2D eigenvalue weighted by Crippen LogP contribution is 2.18. The number of benzene rings is 2. The van der Waals surface area contributed by atoms with Gasteiger partial charge in [0.15, 0.2) is 6.61 Å². The summed E-state index contributed by atoms with van der Waals surface area (Å²) in [5.74, 6) is 0.152. The molecule has 0 unspecified atom stereocenters. The monoisotopic (exact) mass is 416 g/mol. The van der Waals surface area contributed by atoms with E-state index in [0.717, 1.165) is 16.7 Å². The zero-order valence-corrected chi connectivity index (χ0v) is 18.4. The molecule has 2 amide bonds.